The Balaban J connectivity index is 1.66. The maximum absolute atomic E-state index is 13.4. The first-order valence-electron chi connectivity index (χ1n) is 10.9. The number of nitrogens with zero attached hydrogens (tertiary/aromatic N) is 2. The zero-order chi connectivity index (χ0) is 22.4. The van der Waals surface area contributed by atoms with E-state index in [-0.39, 0.29) is 22.8 Å². The third kappa shape index (κ3) is 5.93. The summed E-state index contributed by atoms with van der Waals surface area (Å²) >= 11 is 0. The van der Waals surface area contributed by atoms with Crippen molar-refractivity contribution in [1.29, 1.82) is 0 Å². The molecule has 0 aromatic heterocycles. The quantitative estimate of drug-likeness (QED) is 0.680. The van der Waals surface area contributed by atoms with Crippen LogP contribution in [0.1, 0.15) is 36.9 Å². The Hall–Kier alpha value is -2.22. The molecule has 0 radical (unpaired) electrons. The molecular formula is C24H33N3O3S. The first-order chi connectivity index (χ1) is 14.8. The molecule has 0 spiro atoms. The first-order valence-corrected chi connectivity index (χ1v) is 12.4. The van der Waals surface area contributed by atoms with Crippen LogP contribution >= 0.6 is 0 Å². The zero-order valence-corrected chi connectivity index (χ0v) is 19.4. The summed E-state index contributed by atoms with van der Waals surface area (Å²) in [4.78, 5) is 17.7. The van der Waals surface area contributed by atoms with Gasteiger partial charge in [0.05, 0.1) is 4.90 Å². The van der Waals surface area contributed by atoms with Gasteiger partial charge >= 0.3 is 0 Å². The number of carbonyl (C=O) groups excluding carboxylic acids is 1. The number of hydrogen-bond donors (Lipinski definition) is 1. The van der Waals surface area contributed by atoms with Gasteiger partial charge in [-0.2, -0.15) is 0 Å². The van der Waals surface area contributed by atoms with Crippen molar-refractivity contribution in [1.82, 2.24) is 14.5 Å². The zero-order valence-electron chi connectivity index (χ0n) is 18.6. The van der Waals surface area contributed by atoms with E-state index in [0.717, 1.165) is 30.5 Å². The molecule has 0 bridgehead atoms. The molecule has 2 unspecified atom stereocenters. The number of nitrogens with one attached hydrogen (secondary N) is 1. The normalized spacial score (nSPS) is 18.2. The second-order valence-corrected chi connectivity index (χ2v) is 10.1. The first kappa shape index (κ1) is 23.4. The van der Waals surface area contributed by atoms with Crippen molar-refractivity contribution in [2.45, 2.75) is 37.6 Å². The maximum Gasteiger partial charge on any atom is 0.244 e. The second kappa shape index (κ2) is 10.4. The Morgan fingerprint density at radius 1 is 1.16 bits per heavy atom. The van der Waals surface area contributed by atoms with Gasteiger partial charge < -0.3 is 4.90 Å². The van der Waals surface area contributed by atoms with E-state index >= 15 is 0 Å². The van der Waals surface area contributed by atoms with Gasteiger partial charge in [0.25, 0.3) is 0 Å². The van der Waals surface area contributed by atoms with Crippen molar-refractivity contribution >= 4 is 15.9 Å². The molecule has 0 aliphatic carbocycles. The minimum absolute atomic E-state index is 0.0849. The predicted octanol–water partition coefficient (Wildman–Crippen LogP) is 3.20. The van der Waals surface area contributed by atoms with Gasteiger partial charge in [0.15, 0.2) is 0 Å². The van der Waals surface area contributed by atoms with E-state index in [0.29, 0.717) is 19.6 Å². The highest BCUT2D eigenvalue weighted by atomic mass is 32.2. The molecule has 2 aromatic rings. The molecule has 168 valence electrons. The van der Waals surface area contributed by atoms with Crippen LogP contribution in [0.15, 0.2) is 59.5 Å². The van der Waals surface area contributed by atoms with Crippen LogP contribution in [0.3, 0.4) is 0 Å². The number of piperidine rings is 1. The Morgan fingerprint density at radius 2 is 1.84 bits per heavy atom. The molecule has 2 atom stereocenters. The van der Waals surface area contributed by atoms with Crippen LogP contribution < -0.4 is 4.72 Å². The molecule has 1 saturated heterocycles. The average Bonchev–Trinajstić information content (AvgIpc) is 2.79. The number of likely N-dealkylation sites (N-methyl/N-ethyl adjacent to an activating group) is 1. The summed E-state index contributed by atoms with van der Waals surface area (Å²) < 4.78 is 28.0. The van der Waals surface area contributed by atoms with Crippen molar-refractivity contribution < 1.29 is 13.2 Å². The largest absolute Gasteiger partial charge is 0.341 e. The molecule has 1 heterocycles. The number of carbonyl (C=O) groups is 1. The highest BCUT2D eigenvalue weighted by Crippen LogP contribution is 2.25. The van der Waals surface area contributed by atoms with Crippen molar-refractivity contribution in [3.8, 4) is 0 Å². The predicted molar refractivity (Wildman–Crippen MR) is 123 cm³/mol. The van der Waals surface area contributed by atoms with Crippen molar-refractivity contribution in [3.63, 3.8) is 0 Å². The van der Waals surface area contributed by atoms with Crippen LogP contribution in [0.2, 0.25) is 0 Å². The molecule has 1 aliphatic heterocycles. The molecule has 1 amide bonds. The molecule has 6 nitrogen and oxygen atoms in total. The lowest BCUT2D eigenvalue weighted by Gasteiger charge is -2.37. The number of likely N-dealkylation sites (tertiary alicyclic amines) is 1. The van der Waals surface area contributed by atoms with Gasteiger partial charge in [0.2, 0.25) is 15.9 Å². The number of hydrogen-bond acceptors (Lipinski definition) is 4. The number of aryl methyl sites for hydroxylation is 1. The van der Waals surface area contributed by atoms with E-state index < -0.39 is 10.0 Å². The Kier molecular flexibility index (Phi) is 7.86. The van der Waals surface area contributed by atoms with Crippen LogP contribution in [0, 0.1) is 12.8 Å². The molecule has 0 saturated carbocycles. The molecule has 2 aromatic carbocycles. The fourth-order valence-corrected chi connectivity index (χ4v) is 5.15. The van der Waals surface area contributed by atoms with E-state index in [1.54, 1.807) is 24.3 Å². The van der Waals surface area contributed by atoms with Crippen LogP contribution in [0.25, 0.3) is 0 Å². The molecule has 1 N–H and O–H groups in total. The molecule has 1 aliphatic rings. The lowest BCUT2D eigenvalue weighted by molar-refractivity contribution is -0.138. The number of benzene rings is 2. The lowest BCUT2D eigenvalue weighted by atomic mass is 9.96. The Labute approximate surface area is 186 Å². The maximum atomic E-state index is 13.4. The van der Waals surface area contributed by atoms with Gasteiger partial charge in [-0.25, -0.2) is 13.1 Å². The monoisotopic (exact) mass is 443 g/mol. The third-order valence-corrected chi connectivity index (χ3v) is 7.45. The topological polar surface area (TPSA) is 69.7 Å². The fraction of sp³-hybridized carbons (Fsp3) is 0.458. The van der Waals surface area contributed by atoms with Crippen molar-refractivity contribution in [3.05, 3.63) is 65.7 Å². The van der Waals surface area contributed by atoms with Crippen LogP contribution in [-0.4, -0.2) is 57.4 Å². The molecule has 7 heteroatoms. The molecule has 3 rings (SSSR count). The van der Waals surface area contributed by atoms with Gasteiger partial charge in [-0.1, -0.05) is 55.0 Å². The van der Waals surface area contributed by atoms with Gasteiger partial charge in [0.1, 0.15) is 6.04 Å². The van der Waals surface area contributed by atoms with Crippen molar-refractivity contribution in [2.75, 3.05) is 33.2 Å². The molecular weight excluding hydrogens is 410 g/mol. The van der Waals surface area contributed by atoms with Crippen LogP contribution in [0.4, 0.5) is 0 Å². The van der Waals surface area contributed by atoms with Gasteiger partial charge in [-0.15, -0.1) is 0 Å². The van der Waals surface area contributed by atoms with Crippen LogP contribution in [-0.2, 0) is 14.8 Å². The average molecular weight is 444 g/mol. The second-order valence-electron chi connectivity index (χ2n) is 8.34. The summed E-state index contributed by atoms with van der Waals surface area (Å²) in [6.45, 7) is 6.34. The summed E-state index contributed by atoms with van der Waals surface area (Å²) in [5, 5.41) is 0. The minimum Gasteiger partial charge on any atom is -0.341 e. The summed E-state index contributed by atoms with van der Waals surface area (Å²) in [6.07, 6.45) is 1.78. The van der Waals surface area contributed by atoms with Gasteiger partial charge in [0, 0.05) is 19.6 Å². The standard InChI is InChI=1S/C24H33N3O3S/c1-4-26(3)23(21-10-6-5-7-11-21)24(28)27-16-8-9-20(18-27)17-25-31(29,30)22-14-12-19(2)13-15-22/h5-7,10-15,20,23,25H,4,8-9,16-18H2,1-3H3. The summed E-state index contributed by atoms with van der Waals surface area (Å²) in [6, 6.07) is 16.4. The number of amides is 1. The highest BCUT2D eigenvalue weighted by molar-refractivity contribution is 7.89. The molecule has 31 heavy (non-hydrogen) atoms. The lowest BCUT2D eigenvalue weighted by Crippen LogP contribution is -2.48. The highest BCUT2D eigenvalue weighted by Gasteiger charge is 2.32. The summed E-state index contributed by atoms with van der Waals surface area (Å²) in [7, 11) is -1.59. The number of rotatable bonds is 8. The summed E-state index contributed by atoms with van der Waals surface area (Å²) in [5.41, 5.74) is 2.00. The smallest absolute Gasteiger partial charge is 0.244 e. The minimum atomic E-state index is -3.55. The van der Waals surface area contributed by atoms with E-state index in [1.807, 2.05) is 56.1 Å². The van der Waals surface area contributed by atoms with Gasteiger partial charge in [-0.3, -0.25) is 9.69 Å². The van der Waals surface area contributed by atoms with E-state index in [4.69, 9.17) is 0 Å². The van der Waals surface area contributed by atoms with Crippen LogP contribution in [0.5, 0.6) is 0 Å². The van der Waals surface area contributed by atoms with E-state index in [1.165, 1.54) is 0 Å². The third-order valence-electron chi connectivity index (χ3n) is 6.01. The fourth-order valence-electron chi connectivity index (χ4n) is 4.04. The Bertz CT molecular complexity index is 961. The van der Waals surface area contributed by atoms with Crippen molar-refractivity contribution in [2.24, 2.45) is 5.92 Å². The van der Waals surface area contributed by atoms with E-state index in [9.17, 15) is 13.2 Å². The van der Waals surface area contributed by atoms with Gasteiger partial charge in [-0.05, 0) is 57.0 Å². The number of sulfonamides is 1. The molecule has 1 fully saturated rings. The Morgan fingerprint density at radius 3 is 2.48 bits per heavy atom. The van der Waals surface area contributed by atoms with E-state index in [2.05, 4.69) is 9.62 Å². The SMILES string of the molecule is CCN(C)C(C(=O)N1CCCC(CNS(=O)(=O)c2ccc(C)cc2)C1)c1ccccc1. The summed E-state index contributed by atoms with van der Waals surface area (Å²) in [5.74, 6) is 0.183.